The van der Waals surface area contributed by atoms with Gasteiger partial charge in [-0.05, 0) is 54.2 Å². The second kappa shape index (κ2) is 9.99. The number of ether oxygens (including phenoxy) is 1. The van der Waals surface area contributed by atoms with E-state index in [0.717, 1.165) is 27.9 Å². The Balaban J connectivity index is 1.45. The van der Waals surface area contributed by atoms with E-state index >= 15 is 0 Å². The van der Waals surface area contributed by atoms with Gasteiger partial charge in [0, 0.05) is 16.1 Å². The molecule has 1 aliphatic rings. The third kappa shape index (κ3) is 5.19. The standard InChI is InChI=1S/C24H17ClN2O3S2/c25-20-12-5-4-10-18(20)15-30-19-11-6-7-16(13-19)14-21-23(29)27(24(31)32-21)26-22(28)17-8-2-1-3-9-17/h1-14H,15H2,(H,26,28)/b21-14+. The molecular weight excluding hydrogens is 464 g/mol. The summed E-state index contributed by atoms with van der Waals surface area (Å²) in [7, 11) is 0. The van der Waals surface area contributed by atoms with E-state index in [-0.39, 0.29) is 10.2 Å². The number of nitrogens with one attached hydrogen (secondary N) is 1. The molecule has 0 radical (unpaired) electrons. The molecule has 1 heterocycles. The summed E-state index contributed by atoms with van der Waals surface area (Å²) >= 11 is 12.6. The summed E-state index contributed by atoms with van der Waals surface area (Å²) in [5.41, 5.74) is 4.67. The van der Waals surface area contributed by atoms with Crippen LogP contribution in [0, 0.1) is 0 Å². The van der Waals surface area contributed by atoms with Gasteiger partial charge >= 0.3 is 0 Å². The molecule has 1 saturated heterocycles. The van der Waals surface area contributed by atoms with Gasteiger partial charge in [-0.1, -0.05) is 71.9 Å². The molecule has 3 aromatic carbocycles. The lowest BCUT2D eigenvalue weighted by atomic mass is 10.2. The SMILES string of the molecule is O=C(NN1C(=O)/C(=C\c2cccc(OCc3ccccc3Cl)c2)SC1=S)c1ccccc1. The Labute approximate surface area is 200 Å². The van der Waals surface area contributed by atoms with Crippen molar-refractivity contribution in [3.63, 3.8) is 0 Å². The summed E-state index contributed by atoms with van der Waals surface area (Å²) in [4.78, 5) is 25.6. The van der Waals surface area contributed by atoms with Crippen LogP contribution in [0.15, 0.2) is 83.8 Å². The van der Waals surface area contributed by atoms with Crippen LogP contribution in [0.4, 0.5) is 0 Å². The Morgan fingerprint density at radius 2 is 1.81 bits per heavy atom. The first-order valence-corrected chi connectivity index (χ1v) is 11.2. The lowest BCUT2D eigenvalue weighted by Gasteiger charge is -2.15. The van der Waals surface area contributed by atoms with Gasteiger partial charge in [-0.3, -0.25) is 15.0 Å². The Bertz CT molecular complexity index is 1210. The fourth-order valence-corrected chi connectivity index (χ4v) is 4.31. The minimum absolute atomic E-state index is 0.261. The molecule has 1 fully saturated rings. The molecule has 0 spiro atoms. The zero-order valence-corrected chi connectivity index (χ0v) is 19.0. The average molecular weight is 481 g/mol. The fraction of sp³-hybridized carbons (Fsp3) is 0.0417. The van der Waals surface area contributed by atoms with Gasteiger partial charge in [0.05, 0.1) is 4.91 Å². The second-order valence-corrected chi connectivity index (χ2v) is 8.86. The second-order valence-electron chi connectivity index (χ2n) is 6.78. The molecular formula is C24H17ClN2O3S2. The van der Waals surface area contributed by atoms with Gasteiger partial charge in [0.2, 0.25) is 0 Å². The summed E-state index contributed by atoms with van der Waals surface area (Å²) in [5.74, 6) is -0.142. The zero-order valence-electron chi connectivity index (χ0n) is 16.7. The van der Waals surface area contributed by atoms with Crippen LogP contribution in [-0.4, -0.2) is 21.1 Å². The lowest BCUT2D eigenvalue weighted by molar-refractivity contribution is -0.123. The van der Waals surface area contributed by atoms with Crippen molar-refractivity contribution in [1.29, 1.82) is 0 Å². The number of carbonyl (C=O) groups excluding carboxylic acids is 2. The van der Waals surface area contributed by atoms with Gasteiger partial charge in [0.1, 0.15) is 12.4 Å². The molecule has 32 heavy (non-hydrogen) atoms. The lowest BCUT2D eigenvalue weighted by Crippen LogP contribution is -2.44. The smallest absolute Gasteiger partial charge is 0.285 e. The Morgan fingerprint density at radius 3 is 2.59 bits per heavy atom. The number of rotatable bonds is 6. The fourth-order valence-electron chi connectivity index (χ4n) is 2.94. The maximum Gasteiger partial charge on any atom is 0.285 e. The molecule has 0 atom stereocenters. The van der Waals surface area contributed by atoms with Gasteiger partial charge in [0.25, 0.3) is 11.8 Å². The highest BCUT2D eigenvalue weighted by atomic mass is 35.5. The van der Waals surface area contributed by atoms with Crippen LogP contribution in [0.1, 0.15) is 21.5 Å². The predicted octanol–water partition coefficient (Wildman–Crippen LogP) is 5.47. The van der Waals surface area contributed by atoms with E-state index in [1.165, 1.54) is 0 Å². The molecule has 160 valence electrons. The number of nitrogens with zero attached hydrogens (tertiary/aromatic N) is 1. The Morgan fingerprint density at radius 1 is 1.06 bits per heavy atom. The summed E-state index contributed by atoms with van der Waals surface area (Å²) in [5, 5.41) is 1.74. The third-order valence-corrected chi connectivity index (χ3v) is 6.22. The van der Waals surface area contributed by atoms with E-state index in [0.29, 0.717) is 27.8 Å². The number of hydrogen-bond acceptors (Lipinski definition) is 5. The highest BCUT2D eigenvalue weighted by Crippen LogP contribution is 2.32. The van der Waals surface area contributed by atoms with E-state index in [9.17, 15) is 9.59 Å². The number of carbonyl (C=O) groups is 2. The van der Waals surface area contributed by atoms with Crippen molar-refractivity contribution >= 4 is 57.8 Å². The van der Waals surface area contributed by atoms with Crippen LogP contribution in [0.5, 0.6) is 5.75 Å². The number of hydrazine groups is 1. The molecule has 0 aromatic heterocycles. The van der Waals surface area contributed by atoms with E-state index in [1.807, 2.05) is 54.6 Å². The first-order valence-electron chi connectivity index (χ1n) is 9.61. The van der Waals surface area contributed by atoms with Gasteiger partial charge < -0.3 is 4.74 Å². The molecule has 0 saturated carbocycles. The van der Waals surface area contributed by atoms with Gasteiger partial charge in [-0.25, -0.2) is 0 Å². The molecule has 1 aliphatic heterocycles. The first-order chi connectivity index (χ1) is 15.5. The van der Waals surface area contributed by atoms with Crippen molar-refractivity contribution in [3.8, 4) is 5.75 Å². The number of thiocarbonyl (C=S) groups is 1. The minimum atomic E-state index is -0.405. The number of halogens is 1. The number of hydrogen-bond donors (Lipinski definition) is 1. The summed E-state index contributed by atoms with van der Waals surface area (Å²) in [6, 6.07) is 23.5. The maximum absolute atomic E-state index is 12.8. The topological polar surface area (TPSA) is 58.6 Å². The first kappa shape index (κ1) is 22.1. The van der Waals surface area contributed by atoms with Crippen LogP contribution in [0.3, 0.4) is 0 Å². The van der Waals surface area contributed by atoms with Gasteiger partial charge in [-0.15, -0.1) is 0 Å². The molecule has 2 amide bonds. The third-order valence-electron chi connectivity index (χ3n) is 4.55. The Hall–Kier alpha value is -3.13. The molecule has 8 heteroatoms. The van der Waals surface area contributed by atoms with E-state index in [4.69, 9.17) is 28.6 Å². The van der Waals surface area contributed by atoms with Crippen LogP contribution in [-0.2, 0) is 11.4 Å². The van der Waals surface area contributed by atoms with Crippen molar-refractivity contribution in [2.45, 2.75) is 6.61 Å². The highest BCUT2D eigenvalue weighted by Gasteiger charge is 2.33. The summed E-state index contributed by atoms with van der Waals surface area (Å²) in [6.07, 6.45) is 1.72. The van der Waals surface area contributed by atoms with Crippen molar-refractivity contribution < 1.29 is 14.3 Å². The Kier molecular flexibility index (Phi) is 6.90. The molecule has 0 bridgehead atoms. The summed E-state index contributed by atoms with van der Waals surface area (Å²) in [6.45, 7) is 0.330. The van der Waals surface area contributed by atoms with Crippen LogP contribution in [0.25, 0.3) is 6.08 Å². The van der Waals surface area contributed by atoms with Crippen LogP contribution >= 0.6 is 35.6 Å². The van der Waals surface area contributed by atoms with Gasteiger partial charge in [-0.2, -0.15) is 5.01 Å². The molecule has 1 N–H and O–H groups in total. The maximum atomic E-state index is 12.8. The van der Waals surface area contributed by atoms with E-state index < -0.39 is 5.91 Å². The van der Waals surface area contributed by atoms with Crippen molar-refractivity contribution in [2.75, 3.05) is 0 Å². The normalized spacial score (nSPS) is 14.7. The van der Waals surface area contributed by atoms with Crippen LogP contribution in [0.2, 0.25) is 5.02 Å². The zero-order chi connectivity index (χ0) is 22.5. The van der Waals surface area contributed by atoms with Crippen molar-refractivity contribution in [2.24, 2.45) is 0 Å². The average Bonchev–Trinajstić information content (AvgIpc) is 3.06. The van der Waals surface area contributed by atoms with Crippen molar-refractivity contribution in [3.05, 3.63) is 105 Å². The van der Waals surface area contributed by atoms with Crippen molar-refractivity contribution in [1.82, 2.24) is 10.4 Å². The molecule has 5 nitrogen and oxygen atoms in total. The predicted molar refractivity (Wildman–Crippen MR) is 131 cm³/mol. The van der Waals surface area contributed by atoms with E-state index in [2.05, 4.69) is 5.43 Å². The number of thioether (sulfide) groups is 1. The molecule has 0 aliphatic carbocycles. The number of amides is 2. The van der Waals surface area contributed by atoms with Crippen LogP contribution < -0.4 is 10.2 Å². The quantitative estimate of drug-likeness (QED) is 0.374. The number of benzene rings is 3. The summed E-state index contributed by atoms with van der Waals surface area (Å²) < 4.78 is 6.11. The molecule has 0 unspecified atom stereocenters. The monoisotopic (exact) mass is 480 g/mol. The van der Waals surface area contributed by atoms with E-state index in [1.54, 1.807) is 30.3 Å². The highest BCUT2D eigenvalue weighted by molar-refractivity contribution is 8.26. The minimum Gasteiger partial charge on any atom is -0.489 e. The van der Waals surface area contributed by atoms with Gasteiger partial charge in [0.15, 0.2) is 4.32 Å². The largest absolute Gasteiger partial charge is 0.489 e. The molecule has 3 aromatic rings. The molecule has 4 rings (SSSR count).